The summed E-state index contributed by atoms with van der Waals surface area (Å²) in [5.41, 5.74) is 1.90. The number of hydrogen-bond donors (Lipinski definition) is 1. The molecule has 1 N–H and O–H groups in total. The number of carbonyl (C=O) groups is 1. The van der Waals surface area contributed by atoms with Crippen molar-refractivity contribution in [2.24, 2.45) is 0 Å². The lowest BCUT2D eigenvalue weighted by molar-refractivity contribution is 0.0656. The predicted molar refractivity (Wildman–Crippen MR) is 81.2 cm³/mol. The summed E-state index contributed by atoms with van der Waals surface area (Å²) in [6, 6.07) is 12.4. The Balaban J connectivity index is 2.13. The van der Waals surface area contributed by atoms with Crippen molar-refractivity contribution in [1.82, 2.24) is 4.90 Å². The molecule has 0 atom stereocenters. The fourth-order valence-electron chi connectivity index (χ4n) is 2.28. The molecule has 0 aliphatic rings. The van der Waals surface area contributed by atoms with E-state index >= 15 is 0 Å². The summed E-state index contributed by atoms with van der Waals surface area (Å²) in [5, 5.41) is 9.05. The number of carboxylic acid groups (broad SMARTS) is 1. The van der Waals surface area contributed by atoms with Gasteiger partial charge >= 0.3 is 5.97 Å². The quantitative estimate of drug-likeness (QED) is 0.880. The number of rotatable bonds is 6. The Morgan fingerprint density at radius 2 is 1.90 bits per heavy atom. The zero-order valence-corrected chi connectivity index (χ0v) is 12.7. The smallest absolute Gasteiger partial charge is 0.372 e. The van der Waals surface area contributed by atoms with Crippen molar-refractivity contribution in [3.8, 4) is 0 Å². The molecule has 2 aromatic rings. The largest absolute Gasteiger partial charge is 0.475 e. The van der Waals surface area contributed by atoms with Gasteiger partial charge < -0.3 is 9.52 Å². The highest BCUT2D eigenvalue weighted by atomic mass is 16.4. The second kappa shape index (κ2) is 6.59. The van der Waals surface area contributed by atoms with Gasteiger partial charge in [0.15, 0.2) is 0 Å². The van der Waals surface area contributed by atoms with E-state index < -0.39 is 5.97 Å². The molecule has 4 nitrogen and oxygen atoms in total. The average Bonchev–Trinajstić information content (AvgIpc) is 2.80. The van der Waals surface area contributed by atoms with Crippen LogP contribution in [0.2, 0.25) is 0 Å². The van der Waals surface area contributed by atoms with Crippen LogP contribution in [-0.2, 0) is 13.1 Å². The van der Waals surface area contributed by atoms with Gasteiger partial charge in [-0.2, -0.15) is 0 Å². The second-order valence-corrected chi connectivity index (χ2v) is 5.51. The number of hydrogen-bond acceptors (Lipinski definition) is 3. The molecule has 0 spiro atoms. The predicted octanol–water partition coefficient (Wildman–Crippen LogP) is 3.70. The van der Waals surface area contributed by atoms with Gasteiger partial charge in [-0.05, 0) is 32.4 Å². The lowest BCUT2D eigenvalue weighted by Gasteiger charge is -2.25. The molecule has 0 saturated carbocycles. The Labute approximate surface area is 125 Å². The Hall–Kier alpha value is -2.07. The Kier molecular flexibility index (Phi) is 4.81. The van der Waals surface area contributed by atoms with Crippen molar-refractivity contribution in [3.05, 3.63) is 59.0 Å². The molecule has 1 heterocycles. The standard InChI is InChI=1S/C17H21NO3/c1-12(2)18(10-14-7-5-4-6-8-14)11-15-9-13(3)16(21-15)17(19)20/h4-9,12H,10-11H2,1-3H3,(H,19,20). The molecule has 0 fully saturated rings. The maximum Gasteiger partial charge on any atom is 0.372 e. The van der Waals surface area contributed by atoms with Crippen LogP contribution in [0.1, 0.15) is 41.3 Å². The van der Waals surface area contributed by atoms with Crippen LogP contribution in [0.3, 0.4) is 0 Å². The number of carboxylic acids is 1. The molecular weight excluding hydrogens is 266 g/mol. The first kappa shape index (κ1) is 15.3. The van der Waals surface area contributed by atoms with Gasteiger partial charge in [0.05, 0.1) is 6.54 Å². The minimum absolute atomic E-state index is 0.0356. The van der Waals surface area contributed by atoms with Crippen LogP contribution in [0.25, 0.3) is 0 Å². The van der Waals surface area contributed by atoms with E-state index in [1.54, 1.807) is 6.92 Å². The normalized spacial score (nSPS) is 11.3. The summed E-state index contributed by atoms with van der Waals surface area (Å²) in [5.74, 6) is -0.291. The number of aryl methyl sites for hydroxylation is 1. The molecule has 0 saturated heterocycles. The van der Waals surface area contributed by atoms with Crippen LogP contribution in [0.15, 0.2) is 40.8 Å². The summed E-state index contributed by atoms with van der Waals surface area (Å²) in [4.78, 5) is 13.3. The maximum atomic E-state index is 11.0. The van der Waals surface area contributed by atoms with Crippen molar-refractivity contribution in [1.29, 1.82) is 0 Å². The van der Waals surface area contributed by atoms with Gasteiger partial charge in [0.1, 0.15) is 5.76 Å². The van der Waals surface area contributed by atoms with E-state index in [0.717, 1.165) is 6.54 Å². The van der Waals surface area contributed by atoms with Gasteiger partial charge in [-0.25, -0.2) is 4.79 Å². The van der Waals surface area contributed by atoms with E-state index in [2.05, 4.69) is 30.9 Å². The number of benzene rings is 1. The minimum atomic E-state index is -1.02. The monoisotopic (exact) mass is 287 g/mol. The Morgan fingerprint density at radius 3 is 2.43 bits per heavy atom. The van der Waals surface area contributed by atoms with Crippen LogP contribution >= 0.6 is 0 Å². The highest BCUT2D eigenvalue weighted by Gasteiger charge is 2.18. The Morgan fingerprint density at radius 1 is 1.24 bits per heavy atom. The van der Waals surface area contributed by atoms with Crippen LogP contribution in [0.4, 0.5) is 0 Å². The second-order valence-electron chi connectivity index (χ2n) is 5.51. The number of aromatic carboxylic acids is 1. The third-order valence-electron chi connectivity index (χ3n) is 3.48. The molecule has 0 amide bonds. The van der Waals surface area contributed by atoms with Crippen LogP contribution < -0.4 is 0 Å². The topological polar surface area (TPSA) is 53.7 Å². The van der Waals surface area contributed by atoms with E-state index in [-0.39, 0.29) is 5.76 Å². The molecule has 4 heteroatoms. The average molecular weight is 287 g/mol. The van der Waals surface area contributed by atoms with Crippen molar-refractivity contribution in [3.63, 3.8) is 0 Å². The first-order valence-corrected chi connectivity index (χ1v) is 7.08. The van der Waals surface area contributed by atoms with Crippen LogP contribution in [-0.4, -0.2) is 22.0 Å². The van der Waals surface area contributed by atoms with Gasteiger partial charge in [0, 0.05) is 18.2 Å². The summed E-state index contributed by atoms with van der Waals surface area (Å²) in [6.07, 6.45) is 0. The van der Waals surface area contributed by atoms with Gasteiger partial charge in [-0.15, -0.1) is 0 Å². The fourth-order valence-corrected chi connectivity index (χ4v) is 2.28. The lowest BCUT2D eigenvalue weighted by Crippen LogP contribution is -2.29. The van der Waals surface area contributed by atoms with E-state index in [9.17, 15) is 4.79 Å². The van der Waals surface area contributed by atoms with Gasteiger partial charge in [-0.3, -0.25) is 4.90 Å². The summed E-state index contributed by atoms with van der Waals surface area (Å²) >= 11 is 0. The lowest BCUT2D eigenvalue weighted by atomic mass is 10.2. The van der Waals surface area contributed by atoms with Crippen LogP contribution in [0.5, 0.6) is 0 Å². The van der Waals surface area contributed by atoms with Crippen molar-refractivity contribution in [2.75, 3.05) is 0 Å². The maximum absolute atomic E-state index is 11.0. The van der Waals surface area contributed by atoms with Gasteiger partial charge in [-0.1, -0.05) is 30.3 Å². The zero-order valence-electron chi connectivity index (χ0n) is 12.7. The van der Waals surface area contributed by atoms with Crippen LogP contribution in [0, 0.1) is 6.92 Å². The third-order valence-corrected chi connectivity index (χ3v) is 3.48. The molecule has 21 heavy (non-hydrogen) atoms. The van der Waals surface area contributed by atoms with E-state index in [1.165, 1.54) is 5.56 Å². The SMILES string of the molecule is Cc1cc(CN(Cc2ccccc2)C(C)C)oc1C(=O)O. The summed E-state index contributed by atoms with van der Waals surface area (Å²) in [7, 11) is 0. The van der Waals surface area contributed by atoms with Crippen molar-refractivity contribution in [2.45, 2.75) is 39.9 Å². The molecule has 0 unspecified atom stereocenters. The summed E-state index contributed by atoms with van der Waals surface area (Å²) in [6.45, 7) is 7.41. The molecule has 1 aromatic heterocycles. The van der Waals surface area contributed by atoms with E-state index in [1.807, 2.05) is 24.3 Å². The molecule has 0 aliphatic heterocycles. The van der Waals surface area contributed by atoms with E-state index in [0.29, 0.717) is 23.9 Å². The Bertz CT molecular complexity index is 602. The molecule has 1 aromatic carbocycles. The zero-order chi connectivity index (χ0) is 15.4. The molecule has 0 radical (unpaired) electrons. The minimum Gasteiger partial charge on any atom is -0.475 e. The van der Waals surface area contributed by atoms with Gasteiger partial charge in [0.2, 0.25) is 5.76 Å². The highest BCUT2D eigenvalue weighted by Crippen LogP contribution is 2.19. The van der Waals surface area contributed by atoms with Crippen molar-refractivity contribution >= 4 is 5.97 Å². The van der Waals surface area contributed by atoms with Gasteiger partial charge in [0.25, 0.3) is 0 Å². The molecule has 2 rings (SSSR count). The first-order valence-electron chi connectivity index (χ1n) is 7.08. The number of nitrogens with zero attached hydrogens (tertiary/aromatic N) is 1. The highest BCUT2D eigenvalue weighted by molar-refractivity contribution is 5.86. The third kappa shape index (κ3) is 3.95. The molecular formula is C17H21NO3. The number of furan rings is 1. The summed E-state index contributed by atoms with van der Waals surface area (Å²) < 4.78 is 5.45. The van der Waals surface area contributed by atoms with Crippen molar-refractivity contribution < 1.29 is 14.3 Å². The molecule has 0 bridgehead atoms. The first-order chi connectivity index (χ1) is 9.97. The molecule has 112 valence electrons. The fraction of sp³-hybridized carbons (Fsp3) is 0.353. The molecule has 0 aliphatic carbocycles. The van der Waals surface area contributed by atoms with E-state index in [4.69, 9.17) is 9.52 Å².